The Morgan fingerprint density at radius 2 is 1.77 bits per heavy atom. The van der Waals surface area contributed by atoms with E-state index in [2.05, 4.69) is 52.5 Å². The number of nitrogens with zero attached hydrogens (tertiary/aromatic N) is 2. The number of nitrogens with one attached hydrogen (secondary N) is 1. The molecule has 1 heterocycles. The third-order valence-electron chi connectivity index (χ3n) is 5.72. The van der Waals surface area contributed by atoms with Crippen LogP contribution in [-0.2, 0) is 0 Å². The topological polar surface area (TPSA) is 18.5 Å². The molecule has 26 heavy (non-hydrogen) atoms. The first-order valence-corrected chi connectivity index (χ1v) is 10.1. The fraction of sp³-hybridized carbons (Fsp3) is 0.455. The quantitative estimate of drug-likeness (QED) is 0.837. The lowest BCUT2D eigenvalue weighted by atomic mass is 10.0. The van der Waals surface area contributed by atoms with Crippen LogP contribution in [0.4, 0.5) is 0 Å². The summed E-state index contributed by atoms with van der Waals surface area (Å²) in [5, 5.41) is 4.53. The van der Waals surface area contributed by atoms with Gasteiger partial charge in [0.1, 0.15) is 0 Å². The van der Waals surface area contributed by atoms with Crippen molar-refractivity contribution in [2.75, 3.05) is 46.3 Å². The van der Waals surface area contributed by atoms with Crippen molar-refractivity contribution in [1.82, 2.24) is 15.1 Å². The van der Waals surface area contributed by atoms with Gasteiger partial charge in [0.25, 0.3) is 0 Å². The monoisotopic (exact) mass is 369 g/mol. The summed E-state index contributed by atoms with van der Waals surface area (Å²) in [6.45, 7) is 7.08. The molecule has 0 radical (unpaired) electrons. The molecule has 1 N–H and O–H groups in total. The van der Waals surface area contributed by atoms with Crippen molar-refractivity contribution in [1.29, 1.82) is 0 Å². The average Bonchev–Trinajstić information content (AvgIpc) is 3.43. The molecular formula is C22H28ClN3. The number of halogens is 1. The van der Waals surface area contributed by atoms with Crippen LogP contribution < -0.4 is 5.32 Å². The normalized spacial score (nSPS) is 23.9. The standard InChI is InChI=1S/C22H28ClN3/c1-25-11-13-26(14-12-25)10-9-24-22-16-21(22)18-7-5-17(6-8-18)19-3-2-4-20(23)15-19/h2-8,15,21-22,24H,9-14,16H2,1H3/t21?,22-/m0/s1. The molecule has 1 saturated carbocycles. The zero-order valence-corrected chi connectivity index (χ0v) is 16.3. The van der Waals surface area contributed by atoms with Gasteiger partial charge in [-0.05, 0) is 42.3 Å². The number of benzene rings is 2. The summed E-state index contributed by atoms with van der Waals surface area (Å²) < 4.78 is 0. The first kappa shape index (κ1) is 18.0. The summed E-state index contributed by atoms with van der Waals surface area (Å²) in [6, 6.07) is 17.7. The summed E-state index contributed by atoms with van der Waals surface area (Å²) in [4.78, 5) is 4.98. The first-order chi connectivity index (χ1) is 12.7. The van der Waals surface area contributed by atoms with Crippen LogP contribution in [0.1, 0.15) is 17.9 Å². The number of rotatable bonds is 6. The Bertz CT molecular complexity index is 722. The van der Waals surface area contributed by atoms with Crippen LogP contribution in [0.15, 0.2) is 48.5 Å². The molecule has 2 fully saturated rings. The second kappa shape index (κ2) is 8.10. The van der Waals surface area contributed by atoms with E-state index in [1.165, 1.54) is 55.8 Å². The van der Waals surface area contributed by atoms with E-state index < -0.39 is 0 Å². The molecular weight excluding hydrogens is 342 g/mol. The summed E-state index contributed by atoms with van der Waals surface area (Å²) >= 11 is 6.10. The Labute approximate surface area is 161 Å². The molecule has 2 aromatic rings. The lowest BCUT2D eigenvalue weighted by Crippen LogP contribution is -2.46. The molecule has 0 aromatic heterocycles. The van der Waals surface area contributed by atoms with Crippen LogP contribution in [0.2, 0.25) is 5.02 Å². The Hall–Kier alpha value is -1.39. The van der Waals surface area contributed by atoms with Gasteiger partial charge < -0.3 is 10.2 Å². The predicted octanol–water partition coefficient (Wildman–Crippen LogP) is 3.70. The SMILES string of the molecule is CN1CCN(CCN[C@H]2CC2c2ccc(-c3cccc(Cl)c3)cc2)CC1. The van der Waals surface area contributed by atoms with Gasteiger partial charge in [0.05, 0.1) is 0 Å². The molecule has 3 nitrogen and oxygen atoms in total. The van der Waals surface area contributed by atoms with Gasteiger partial charge in [0, 0.05) is 56.3 Å². The van der Waals surface area contributed by atoms with E-state index in [1.807, 2.05) is 18.2 Å². The molecule has 1 saturated heterocycles. The molecule has 0 bridgehead atoms. The second-order valence-corrected chi connectivity index (χ2v) is 8.12. The van der Waals surface area contributed by atoms with Crippen LogP contribution in [-0.4, -0.2) is 62.2 Å². The Morgan fingerprint density at radius 3 is 2.50 bits per heavy atom. The molecule has 1 aliphatic heterocycles. The van der Waals surface area contributed by atoms with Gasteiger partial charge in [0.2, 0.25) is 0 Å². The summed E-state index contributed by atoms with van der Waals surface area (Å²) in [6.07, 6.45) is 1.26. The van der Waals surface area contributed by atoms with Crippen LogP contribution in [0.5, 0.6) is 0 Å². The molecule has 0 spiro atoms. The van der Waals surface area contributed by atoms with Crippen LogP contribution >= 0.6 is 11.6 Å². The van der Waals surface area contributed by atoms with Crippen molar-refractivity contribution in [3.05, 3.63) is 59.1 Å². The number of likely N-dealkylation sites (N-methyl/N-ethyl adjacent to an activating group) is 1. The predicted molar refractivity (Wildman–Crippen MR) is 110 cm³/mol. The molecule has 1 unspecified atom stereocenters. The van der Waals surface area contributed by atoms with Crippen molar-refractivity contribution in [2.24, 2.45) is 0 Å². The lowest BCUT2D eigenvalue weighted by Gasteiger charge is -2.32. The largest absolute Gasteiger partial charge is 0.312 e. The van der Waals surface area contributed by atoms with Gasteiger partial charge in [0.15, 0.2) is 0 Å². The van der Waals surface area contributed by atoms with Crippen LogP contribution in [0, 0.1) is 0 Å². The number of piperazine rings is 1. The smallest absolute Gasteiger partial charge is 0.0412 e. The highest BCUT2D eigenvalue weighted by molar-refractivity contribution is 6.30. The van der Waals surface area contributed by atoms with Crippen molar-refractivity contribution in [3.63, 3.8) is 0 Å². The third-order valence-corrected chi connectivity index (χ3v) is 5.95. The van der Waals surface area contributed by atoms with Crippen molar-refractivity contribution in [3.8, 4) is 11.1 Å². The maximum Gasteiger partial charge on any atom is 0.0412 e. The molecule has 4 rings (SSSR count). The van der Waals surface area contributed by atoms with Gasteiger partial charge >= 0.3 is 0 Å². The third kappa shape index (κ3) is 4.47. The highest BCUT2D eigenvalue weighted by atomic mass is 35.5. The van der Waals surface area contributed by atoms with Gasteiger partial charge in [-0.15, -0.1) is 0 Å². The van der Waals surface area contributed by atoms with E-state index in [0.717, 1.165) is 11.6 Å². The van der Waals surface area contributed by atoms with Crippen molar-refractivity contribution >= 4 is 11.6 Å². The summed E-state index contributed by atoms with van der Waals surface area (Å²) in [5.41, 5.74) is 3.87. The summed E-state index contributed by atoms with van der Waals surface area (Å²) in [5.74, 6) is 0.677. The molecule has 1 aliphatic carbocycles. The van der Waals surface area contributed by atoms with Crippen LogP contribution in [0.3, 0.4) is 0 Å². The Kier molecular flexibility index (Phi) is 5.60. The lowest BCUT2D eigenvalue weighted by molar-refractivity contribution is 0.154. The molecule has 4 heteroatoms. The molecule has 2 aromatic carbocycles. The van der Waals surface area contributed by atoms with E-state index in [4.69, 9.17) is 11.6 Å². The minimum Gasteiger partial charge on any atom is -0.312 e. The van der Waals surface area contributed by atoms with E-state index >= 15 is 0 Å². The number of hydrogen-bond donors (Lipinski definition) is 1. The Morgan fingerprint density at radius 1 is 1.00 bits per heavy atom. The maximum absolute atomic E-state index is 6.10. The Balaban J connectivity index is 1.25. The van der Waals surface area contributed by atoms with Crippen LogP contribution in [0.25, 0.3) is 11.1 Å². The molecule has 0 amide bonds. The van der Waals surface area contributed by atoms with Gasteiger partial charge in [-0.3, -0.25) is 4.90 Å². The number of hydrogen-bond acceptors (Lipinski definition) is 3. The average molecular weight is 370 g/mol. The maximum atomic E-state index is 6.10. The minimum atomic E-state index is 0.652. The zero-order valence-electron chi connectivity index (χ0n) is 15.5. The van der Waals surface area contributed by atoms with Crippen molar-refractivity contribution in [2.45, 2.75) is 18.4 Å². The molecule has 138 valence electrons. The van der Waals surface area contributed by atoms with E-state index in [9.17, 15) is 0 Å². The second-order valence-electron chi connectivity index (χ2n) is 7.68. The van der Waals surface area contributed by atoms with Gasteiger partial charge in [-0.2, -0.15) is 0 Å². The van der Waals surface area contributed by atoms with E-state index in [0.29, 0.717) is 12.0 Å². The van der Waals surface area contributed by atoms with Gasteiger partial charge in [-0.25, -0.2) is 0 Å². The van der Waals surface area contributed by atoms with Gasteiger partial charge in [-0.1, -0.05) is 48.0 Å². The summed E-state index contributed by atoms with van der Waals surface area (Å²) in [7, 11) is 2.21. The zero-order chi connectivity index (χ0) is 17.9. The van der Waals surface area contributed by atoms with E-state index in [1.54, 1.807) is 0 Å². The fourth-order valence-electron chi connectivity index (χ4n) is 3.86. The van der Waals surface area contributed by atoms with Crippen molar-refractivity contribution < 1.29 is 0 Å². The highest BCUT2D eigenvalue weighted by Crippen LogP contribution is 2.41. The highest BCUT2D eigenvalue weighted by Gasteiger charge is 2.37. The molecule has 2 aliphatic rings. The first-order valence-electron chi connectivity index (χ1n) is 9.69. The fourth-order valence-corrected chi connectivity index (χ4v) is 4.05. The van der Waals surface area contributed by atoms with E-state index in [-0.39, 0.29) is 0 Å². The molecule has 2 atom stereocenters. The minimum absolute atomic E-state index is 0.652.